The van der Waals surface area contributed by atoms with Crippen LogP contribution in [0.3, 0.4) is 0 Å². The Hall–Kier alpha value is -0.450. The zero-order valence-corrected chi connectivity index (χ0v) is 14.2. The number of hydrogen-bond donors (Lipinski definition) is 2. The summed E-state index contributed by atoms with van der Waals surface area (Å²) in [7, 11) is -4.31. The van der Waals surface area contributed by atoms with Crippen LogP contribution >= 0.6 is 35.1 Å². The summed E-state index contributed by atoms with van der Waals surface area (Å²) in [6.45, 7) is 3.04. The molecule has 108 valence electrons. The molecule has 0 unspecified atom stereocenters. The van der Waals surface area contributed by atoms with E-state index in [9.17, 15) is 14.4 Å². The fraction of sp³-hybridized carbons (Fsp3) is 0.308. The zero-order chi connectivity index (χ0) is 15.1. The smallest absolute Gasteiger partial charge is 0.324 e. The second kappa shape index (κ2) is 5.39. The van der Waals surface area contributed by atoms with Crippen molar-refractivity contribution in [3.05, 3.63) is 40.5 Å². The molecule has 0 amide bonds. The Kier molecular flexibility index (Phi) is 4.30. The van der Waals surface area contributed by atoms with E-state index in [0.29, 0.717) is 21.6 Å². The average molecular weight is 379 g/mol. The SMILES string of the molecule is CC(C)(c1cc2cc(Cl)ccc2nc1CBr)P(=O)(O)O. The Morgan fingerprint density at radius 3 is 2.55 bits per heavy atom. The molecule has 0 radical (unpaired) electrons. The maximum Gasteiger partial charge on any atom is 0.335 e. The number of pyridine rings is 1. The molecule has 7 heteroatoms. The molecule has 4 nitrogen and oxygen atoms in total. The molecular formula is C13H14BrClNO3P. The van der Waals surface area contributed by atoms with Crippen molar-refractivity contribution in [3.8, 4) is 0 Å². The van der Waals surface area contributed by atoms with Gasteiger partial charge in [0.2, 0.25) is 0 Å². The predicted octanol–water partition coefficient (Wildman–Crippen LogP) is 4.20. The van der Waals surface area contributed by atoms with Crippen molar-refractivity contribution in [3.63, 3.8) is 0 Å². The second-order valence-corrected chi connectivity index (χ2v) is 8.26. The number of alkyl halides is 1. The van der Waals surface area contributed by atoms with Crippen LogP contribution in [0.2, 0.25) is 5.02 Å². The van der Waals surface area contributed by atoms with Gasteiger partial charge in [-0.2, -0.15) is 0 Å². The number of fused-ring (bicyclic) bond motifs is 1. The molecule has 0 atom stereocenters. The van der Waals surface area contributed by atoms with Gasteiger partial charge in [-0.25, -0.2) is 0 Å². The van der Waals surface area contributed by atoms with E-state index in [0.717, 1.165) is 10.9 Å². The monoisotopic (exact) mass is 377 g/mol. The topological polar surface area (TPSA) is 70.4 Å². The number of halogens is 2. The first kappa shape index (κ1) is 15.9. The van der Waals surface area contributed by atoms with Crippen molar-refractivity contribution >= 4 is 46.0 Å². The van der Waals surface area contributed by atoms with Gasteiger partial charge in [-0.15, -0.1) is 0 Å². The summed E-state index contributed by atoms with van der Waals surface area (Å²) in [6.07, 6.45) is 0. The lowest BCUT2D eigenvalue weighted by atomic mass is 9.98. The zero-order valence-electron chi connectivity index (χ0n) is 11.0. The van der Waals surface area contributed by atoms with E-state index in [1.165, 1.54) is 13.8 Å². The molecule has 0 saturated carbocycles. The van der Waals surface area contributed by atoms with Crippen LogP contribution in [0.5, 0.6) is 0 Å². The molecule has 2 N–H and O–H groups in total. The highest BCUT2D eigenvalue weighted by atomic mass is 79.9. The van der Waals surface area contributed by atoms with Crippen LogP contribution in [-0.4, -0.2) is 14.8 Å². The maximum atomic E-state index is 11.7. The van der Waals surface area contributed by atoms with Gasteiger partial charge in [0.15, 0.2) is 0 Å². The summed E-state index contributed by atoms with van der Waals surface area (Å²) >= 11 is 9.28. The Balaban J connectivity index is 2.77. The molecule has 0 fully saturated rings. The van der Waals surface area contributed by atoms with Crippen LogP contribution in [0, 0.1) is 0 Å². The second-order valence-electron chi connectivity index (χ2n) is 5.06. The van der Waals surface area contributed by atoms with Gasteiger partial charge in [0.25, 0.3) is 0 Å². The standard InChI is InChI=1S/C13H14BrClNO3P/c1-13(2,20(17,18)19)10-6-8-5-9(15)3-4-11(8)16-12(10)7-14/h3-6H,7H2,1-2H3,(H2,17,18,19). The van der Waals surface area contributed by atoms with Gasteiger partial charge in [-0.3, -0.25) is 9.55 Å². The van der Waals surface area contributed by atoms with Crippen LogP contribution in [0.1, 0.15) is 25.1 Å². The first-order valence-electron chi connectivity index (χ1n) is 5.88. The van der Waals surface area contributed by atoms with E-state index in [-0.39, 0.29) is 0 Å². The molecule has 2 rings (SSSR count). The molecule has 0 saturated heterocycles. The number of hydrogen-bond acceptors (Lipinski definition) is 2. The van der Waals surface area contributed by atoms with Gasteiger partial charge < -0.3 is 9.79 Å². The van der Waals surface area contributed by atoms with Crippen molar-refractivity contribution in [1.82, 2.24) is 4.98 Å². The molecule has 0 aliphatic carbocycles. The quantitative estimate of drug-likeness (QED) is 0.620. The molecule has 1 aromatic heterocycles. The van der Waals surface area contributed by atoms with Crippen molar-refractivity contribution in [2.24, 2.45) is 0 Å². The Labute approximate surface area is 130 Å². The van der Waals surface area contributed by atoms with Crippen LogP contribution in [0.25, 0.3) is 10.9 Å². The van der Waals surface area contributed by atoms with Crippen molar-refractivity contribution in [1.29, 1.82) is 0 Å². The molecule has 2 aromatic rings. The fourth-order valence-electron chi connectivity index (χ4n) is 1.98. The fourth-order valence-corrected chi connectivity index (χ4v) is 3.09. The van der Waals surface area contributed by atoms with Gasteiger partial charge in [-0.05, 0) is 43.7 Å². The average Bonchev–Trinajstić information content (AvgIpc) is 2.35. The third kappa shape index (κ3) is 2.78. The minimum atomic E-state index is -4.31. The number of benzene rings is 1. The Morgan fingerprint density at radius 2 is 2.00 bits per heavy atom. The van der Waals surface area contributed by atoms with Gasteiger partial charge in [0.05, 0.1) is 16.4 Å². The summed E-state index contributed by atoms with van der Waals surface area (Å²) in [5.41, 5.74) is 1.89. The molecule has 0 aliphatic heterocycles. The normalized spacial score (nSPS) is 12.9. The largest absolute Gasteiger partial charge is 0.335 e. The van der Waals surface area contributed by atoms with Gasteiger partial charge >= 0.3 is 7.60 Å². The van der Waals surface area contributed by atoms with Crippen LogP contribution in [0.15, 0.2) is 24.3 Å². The minimum Gasteiger partial charge on any atom is -0.324 e. The summed E-state index contributed by atoms with van der Waals surface area (Å²) < 4.78 is 11.7. The molecule has 1 heterocycles. The highest BCUT2D eigenvalue weighted by molar-refractivity contribution is 9.08. The first-order chi connectivity index (χ1) is 9.16. The van der Waals surface area contributed by atoms with E-state index < -0.39 is 12.8 Å². The molecule has 1 aromatic carbocycles. The maximum absolute atomic E-state index is 11.7. The van der Waals surface area contributed by atoms with E-state index in [1.54, 1.807) is 24.3 Å². The van der Waals surface area contributed by atoms with Crippen LogP contribution in [0.4, 0.5) is 0 Å². The van der Waals surface area contributed by atoms with Gasteiger partial charge in [-0.1, -0.05) is 27.5 Å². The molecule has 0 spiro atoms. The summed E-state index contributed by atoms with van der Waals surface area (Å²) in [5, 5.41) is 0.439. The number of nitrogens with zero attached hydrogens (tertiary/aromatic N) is 1. The first-order valence-corrected chi connectivity index (χ1v) is 8.99. The van der Waals surface area contributed by atoms with Crippen LogP contribution in [-0.2, 0) is 15.1 Å². The lowest BCUT2D eigenvalue weighted by Crippen LogP contribution is -2.20. The number of aromatic nitrogens is 1. The highest BCUT2D eigenvalue weighted by Gasteiger charge is 2.41. The molecule has 0 aliphatic rings. The van der Waals surface area contributed by atoms with Crippen molar-refractivity contribution in [2.75, 3.05) is 0 Å². The molecule has 0 bridgehead atoms. The highest BCUT2D eigenvalue weighted by Crippen LogP contribution is 2.57. The van der Waals surface area contributed by atoms with Crippen LogP contribution < -0.4 is 0 Å². The lowest BCUT2D eigenvalue weighted by molar-refractivity contribution is 0.337. The number of rotatable bonds is 3. The van der Waals surface area contributed by atoms with E-state index in [1.807, 2.05) is 0 Å². The minimum absolute atomic E-state index is 0.421. The summed E-state index contributed by atoms with van der Waals surface area (Å²) in [4.78, 5) is 23.6. The van der Waals surface area contributed by atoms with Crippen molar-refractivity contribution in [2.45, 2.75) is 24.3 Å². The molecular weight excluding hydrogens is 364 g/mol. The Bertz CT molecular complexity index is 714. The van der Waals surface area contributed by atoms with E-state index in [2.05, 4.69) is 20.9 Å². The van der Waals surface area contributed by atoms with Gasteiger partial charge in [0.1, 0.15) is 0 Å². The van der Waals surface area contributed by atoms with Crippen molar-refractivity contribution < 1.29 is 14.4 Å². The summed E-state index contributed by atoms with van der Waals surface area (Å²) in [5.74, 6) is 0. The third-order valence-electron chi connectivity index (χ3n) is 3.37. The van der Waals surface area contributed by atoms with E-state index >= 15 is 0 Å². The third-order valence-corrected chi connectivity index (χ3v) is 5.83. The summed E-state index contributed by atoms with van der Waals surface area (Å²) in [6, 6.07) is 7.02. The molecule has 20 heavy (non-hydrogen) atoms. The van der Waals surface area contributed by atoms with Gasteiger partial charge in [0, 0.05) is 15.7 Å². The Morgan fingerprint density at radius 1 is 1.35 bits per heavy atom. The van der Waals surface area contributed by atoms with E-state index in [4.69, 9.17) is 11.6 Å². The lowest BCUT2D eigenvalue weighted by Gasteiger charge is -2.28. The predicted molar refractivity (Wildman–Crippen MR) is 84.5 cm³/mol.